The first-order valence-corrected chi connectivity index (χ1v) is 11.8. The van der Waals surface area contributed by atoms with Gasteiger partial charge in [0.15, 0.2) is 5.13 Å². The zero-order chi connectivity index (χ0) is 21.9. The third-order valence-electron chi connectivity index (χ3n) is 5.83. The predicted octanol–water partition coefficient (Wildman–Crippen LogP) is 5.32. The van der Waals surface area contributed by atoms with Crippen molar-refractivity contribution < 1.29 is 5.11 Å². The van der Waals surface area contributed by atoms with E-state index in [1.54, 1.807) is 11.3 Å². The van der Waals surface area contributed by atoms with E-state index in [1.165, 1.54) is 11.1 Å². The van der Waals surface area contributed by atoms with Crippen molar-refractivity contribution in [3.8, 4) is 0 Å². The van der Waals surface area contributed by atoms with Crippen LogP contribution in [0, 0.1) is 0 Å². The molecule has 0 amide bonds. The first-order chi connectivity index (χ1) is 15.6. The third kappa shape index (κ3) is 5.00. The summed E-state index contributed by atoms with van der Waals surface area (Å²) in [7, 11) is 0. The number of hydrogen-bond acceptors (Lipinski definition) is 7. The fourth-order valence-electron chi connectivity index (χ4n) is 4.19. The van der Waals surface area contributed by atoms with Gasteiger partial charge in [0, 0.05) is 11.7 Å². The molecular formula is C25H27N5OS. The number of thiazole rings is 1. The van der Waals surface area contributed by atoms with E-state index in [4.69, 9.17) is 10.7 Å². The Morgan fingerprint density at radius 3 is 2.50 bits per heavy atom. The molecule has 164 valence electrons. The lowest BCUT2D eigenvalue weighted by Crippen LogP contribution is -2.28. The second-order valence-electron chi connectivity index (χ2n) is 8.43. The van der Waals surface area contributed by atoms with Gasteiger partial charge in [-0.15, -0.1) is 0 Å². The van der Waals surface area contributed by atoms with Gasteiger partial charge in [0.1, 0.15) is 11.6 Å². The summed E-state index contributed by atoms with van der Waals surface area (Å²) >= 11 is 1.57. The van der Waals surface area contributed by atoms with Gasteiger partial charge in [0.2, 0.25) is 0 Å². The van der Waals surface area contributed by atoms with Crippen molar-refractivity contribution in [3.05, 3.63) is 71.8 Å². The first kappa shape index (κ1) is 20.7. The highest BCUT2D eigenvalue weighted by molar-refractivity contribution is 7.22. The quantitative estimate of drug-likeness (QED) is 0.300. The van der Waals surface area contributed by atoms with Crippen LogP contribution in [0.2, 0.25) is 0 Å². The minimum atomic E-state index is -0.171. The summed E-state index contributed by atoms with van der Waals surface area (Å²) in [5, 5.41) is 17.6. The summed E-state index contributed by atoms with van der Waals surface area (Å²) in [6, 6.07) is 20.7. The van der Waals surface area contributed by atoms with Crippen molar-refractivity contribution in [2.24, 2.45) is 0 Å². The number of aliphatic hydroxyl groups is 1. The lowest BCUT2D eigenvalue weighted by molar-refractivity contribution is 0.126. The number of nitrogens with two attached hydrogens (primary N) is 1. The molecule has 5 N–H and O–H groups in total. The molecule has 5 rings (SSSR count). The van der Waals surface area contributed by atoms with Gasteiger partial charge < -0.3 is 21.5 Å². The normalized spacial score (nSPS) is 18.5. The standard InChI is InChI=1S/C25H27N5OS/c26-18-6-11-21-22(15-18)32-25(28-21)30-24-14-17(12-16-4-2-1-3-5-16)13-23(29-24)27-19-7-9-20(31)10-8-19/h1-6,11,13-15,19-20,31H,7-10,12,26H2,(H2,27,28,29,30). The second-order valence-corrected chi connectivity index (χ2v) is 9.46. The van der Waals surface area contributed by atoms with E-state index in [9.17, 15) is 5.11 Å². The van der Waals surface area contributed by atoms with Gasteiger partial charge in [0.25, 0.3) is 0 Å². The molecule has 2 aromatic carbocycles. The van der Waals surface area contributed by atoms with Crippen LogP contribution in [-0.2, 0) is 6.42 Å². The zero-order valence-corrected chi connectivity index (χ0v) is 18.6. The maximum atomic E-state index is 9.82. The van der Waals surface area contributed by atoms with E-state index < -0.39 is 0 Å². The Hall–Kier alpha value is -3.16. The molecule has 0 aliphatic heterocycles. The van der Waals surface area contributed by atoms with Crippen molar-refractivity contribution in [1.29, 1.82) is 0 Å². The Labute approximate surface area is 191 Å². The zero-order valence-electron chi connectivity index (χ0n) is 17.8. The molecule has 0 unspecified atom stereocenters. The monoisotopic (exact) mass is 445 g/mol. The fraction of sp³-hybridized carbons (Fsp3) is 0.280. The molecule has 0 bridgehead atoms. The molecule has 4 aromatic rings. The number of hydrogen-bond donors (Lipinski definition) is 4. The molecule has 1 aliphatic carbocycles. The van der Waals surface area contributed by atoms with E-state index >= 15 is 0 Å². The number of nitrogen functional groups attached to an aromatic ring is 1. The van der Waals surface area contributed by atoms with Crippen LogP contribution in [0.15, 0.2) is 60.7 Å². The molecule has 1 fully saturated rings. The van der Waals surface area contributed by atoms with Crippen LogP contribution in [0.4, 0.5) is 22.5 Å². The summed E-state index contributed by atoms with van der Waals surface area (Å²) in [5.41, 5.74) is 10.0. The van der Waals surface area contributed by atoms with Crippen LogP contribution in [0.1, 0.15) is 36.8 Å². The van der Waals surface area contributed by atoms with Gasteiger partial charge in [-0.2, -0.15) is 0 Å². The molecule has 0 spiro atoms. The number of fused-ring (bicyclic) bond motifs is 1. The van der Waals surface area contributed by atoms with Crippen molar-refractivity contribution in [2.45, 2.75) is 44.2 Å². The van der Waals surface area contributed by atoms with Crippen molar-refractivity contribution in [3.63, 3.8) is 0 Å². The van der Waals surface area contributed by atoms with Gasteiger partial charge in [-0.05, 0) is 73.6 Å². The van der Waals surface area contributed by atoms with Gasteiger partial charge in [-0.1, -0.05) is 41.7 Å². The Bertz CT molecular complexity index is 1200. The molecular weight excluding hydrogens is 418 g/mol. The fourth-order valence-corrected chi connectivity index (χ4v) is 5.11. The largest absolute Gasteiger partial charge is 0.399 e. The van der Waals surface area contributed by atoms with E-state index in [0.717, 1.165) is 64.8 Å². The number of rotatable bonds is 6. The molecule has 1 aliphatic rings. The van der Waals surface area contributed by atoms with Crippen LogP contribution in [0.5, 0.6) is 0 Å². The third-order valence-corrected chi connectivity index (χ3v) is 6.77. The highest BCUT2D eigenvalue weighted by Gasteiger charge is 2.20. The van der Waals surface area contributed by atoms with Gasteiger partial charge in [0.05, 0.1) is 16.3 Å². The highest BCUT2D eigenvalue weighted by Crippen LogP contribution is 2.30. The number of benzene rings is 2. The van der Waals surface area contributed by atoms with Gasteiger partial charge >= 0.3 is 0 Å². The number of aliphatic hydroxyl groups excluding tert-OH is 1. The highest BCUT2D eigenvalue weighted by atomic mass is 32.1. The van der Waals surface area contributed by atoms with E-state index in [-0.39, 0.29) is 6.10 Å². The Morgan fingerprint density at radius 2 is 1.69 bits per heavy atom. The van der Waals surface area contributed by atoms with Crippen LogP contribution in [-0.4, -0.2) is 27.2 Å². The van der Waals surface area contributed by atoms with Gasteiger partial charge in [-0.25, -0.2) is 9.97 Å². The topological polar surface area (TPSA) is 96.1 Å². The average Bonchev–Trinajstić information content (AvgIpc) is 3.17. The molecule has 0 saturated heterocycles. The van der Waals surface area contributed by atoms with Gasteiger partial charge in [-0.3, -0.25) is 0 Å². The summed E-state index contributed by atoms with van der Waals surface area (Å²) in [4.78, 5) is 9.51. The van der Waals surface area contributed by atoms with Crippen molar-refractivity contribution in [1.82, 2.24) is 9.97 Å². The van der Waals surface area contributed by atoms with E-state index in [2.05, 4.69) is 52.0 Å². The smallest absolute Gasteiger partial charge is 0.189 e. The summed E-state index contributed by atoms with van der Waals surface area (Å²) in [5.74, 6) is 1.62. The molecule has 7 heteroatoms. The summed E-state index contributed by atoms with van der Waals surface area (Å²) in [6.07, 6.45) is 4.23. The maximum absolute atomic E-state index is 9.82. The van der Waals surface area contributed by atoms with Crippen LogP contribution < -0.4 is 16.4 Å². The van der Waals surface area contributed by atoms with Crippen molar-refractivity contribution in [2.75, 3.05) is 16.4 Å². The Morgan fingerprint density at radius 1 is 0.906 bits per heavy atom. The van der Waals surface area contributed by atoms with E-state index in [0.29, 0.717) is 6.04 Å². The SMILES string of the molecule is Nc1ccc2nc(Nc3cc(Cc4ccccc4)cc(NC4CCC(O)CC4)n3)sc2c1. The number of aromatic nitrogens is 2. The lowest BCUT2D eigenvalue weighted by Gasteiger charge is -2.27. The lowest BCUT2D eigenvalue weighted by atomic mass is 9.93. The summed E-state index contributed by atoms with van der Waals surface area (Å²) in [6.45, 7) is 0. The molecule has 32 heavy (non-hydrogen) atoms. The first-order valence-electron chi connectivity index (χ1n) is 11.0. The minimum Gasteiger partial charge on any atom is -0.399 e. The number of anilines is 4. The molecule has 2 heterocycles. The van der Waals surface area contributed by atoms with Crippen LogP contribution >= 0.6 is 11.3 Å². The molecule has 2 aromatic heterocycles. The minimum absolute atomic E-state index is 0.171. The Balaban J connectivity index is 1.42. The predicted molar refractivity (Wildman–Crippen MR) is 133 cm³/mol. The summed E-state index contributed by atoms with van der Waals surface area (Å²) < 4.78 is 1.05. The molecule has 0 atom stereocenters. The number of nitrogens with zero attached hydrogens (tertiary/aromatic N) is 2. The Kier molecular flexibility index (Phi) is 5.92. The van der Waals surface area contributed by atoms with Crippen LogP contribution in [0.25, 0.3) is 10.2 Å². The number of nitrogens with one attached hydrogen (secondary N) is 2. The molecule has 0 radical (unpaired) electrons. The van der Waals surface area contributed by atoms with Crippen molar-refractivity contribution >= 4 is 44.0 Å². The number of pyridine rings is 1. The van der Waals surface area contributed by atoms with E-state index in [1.807, 2.05) is 24.3 Å². The average molecular weight is 446 g/mol. The van der Waals surface area contributed by atoms with Crippen LogP contribution in [0.3, 0.4) is 0 Å². The maximum Gasteiger partial charge on any atom is 0.189 e. The second kappa shape index (κ2) is 9.14. The molecule has 1 saturated carbocycles. The molecule has 6 nitrogen and oxygen atoms in total.